The molecule has 0 saturated carbocycles. The van der Waals surface area contributed by atoms with Gasteiger partial charge in [-0.1, -0.05) is 65.9 Å². The zero-order valence-corrected chi connectivity index (χ0v) is 19.4. The van der Waals surface area contributed by atoms with Crippen molar-refractivity contribution in [3.63, 3.8) is 0 Å². The van der Waals surface area contributed by atoms with Crippen LogP contribution >= 0.6 is 11.8 Å². The number of amides is 1. The van der Waals surface area contributed by atoms with E-state index in [0.29, 0.717) is 29.1 Å². The van der Waals surface area contributed by atoms with E-state index in [1.807, 2.05) is 73.7 Å². The lowest BCUT2D eigenvalue weighted by Crippen LogP contribution is -2.27. The van der Waals surface area contributed by atoms with Gasteiger partial charge in [-0.25, -0.2) is 4.98 Å². The van der Waals surface area contributed by atoms with Crippen molar-refractivity contribution in [2.24, 2.45) is 0 Å². The summed E-state index contributed by atoms with van der Waals surface area (Å²) in [6.45, 7) is 2.85. The summed E-state index contributed by atoms with van der Waals surface area (Å²) in [5, 5.41) is 4.00. The summed E-state index contributed by atoms with van der Waals surface area (Å²) in [4.78, 5) is 30.4. The fourth-order valence-electron chi connectivity index (χ4n) is 3.40. The molecule has 0 spiro atoms. The van der Waals surface area contributed by atoms with E-state index in [1.54, 1.807) is 17.7 Å². The highest BCUT2D eigenvalue weighted by atomic mass is 32.2. The van der Waals surface area contributed by atoms with Crippen molar-refractivity contribution in [2.45, 2.75) is 25.2 Å². The van der Waals surface area contributed by atoms with Gasteiger partial charge in [-0.2, -0.15) is 0 Å². The number of nitrogens with zero attached hydrogens (tertiary/aromatic N) is 2. The van der Waals surface area contributed by atoms with Crippen LogP contribution in [0.1, 0.15) is 16.7 Å². The molecule has 1 heterocycles. The molecule has 1 aromatic heterocycles. The second-order valence-electron chi connectivity index (χ2n) is 7.70. The zero-order valence-electron chi connectivity index (χ0n) is 18.6. The molecule has 3 aromatic carbocycles. The molecular weight excluding hydrogens is 434 g/mol. The average Bonchev–Trinajstić information content (AvgIpc) is 2.85. The lowest BCUT2D eigenvalue weighted by atomic mass is 10.1. The van der Waals surface area contributed by atoms with Crippen molar-refractivity contribution in [1.82, 2.24) is 14.9 Å². The normalized spacial score (nSPS) is 10.8. The number of aromatic nitrogens is 2. The Morgan fingerprint density at radius 2 is 1.70 bits per heavy atom. The second kappa shape index (κ2) is 10.4. The number of hydrogen-bond donors (Lipinski definition) is 1. The third-order valence-corrected chi connectivity index (χ3v) is 6.25. The van der Waals surface area contributed by atoms with Crippen molar-refractivity contribution in [3.8, 4) is 5.75 Å². The van der Waals surface area contributed by atoms with Crippen molar-refractivity contribution in [1.29, 1.82) is 0 Å². The number of nitrogens with one attached hydrogen (secondary N) is 1. The molecule has 0 bridgehead atoms. The molecule has 0 atom stereocenters. The molecule has 7 heteroatoms. The van der Waals surface area contributed by atoms with Crippen LogP contribution in [0.15, 0.2) is 82.7 Å². The fraction of sp³-hybridized carbons (Fsp3) is 0.192. The molecular formula is C26H25N3O3S. The molecule has 0 saturated heterocycles. The molecule has 33 heavy (non-hydrogen) atoms. The predicted octanol–water partition coefficient (Wildman–Crippen LogP) is 4.17. The van der Waals surface area contributed by atoms with E-state index in [2.05, 4.69) is 10.3 Å². The maximum Gasteiger partial charge on any atom is 0.262 e. The maximum atomic E-state index is 13.2. The molecule has 0 unspecified atom stereocenters. The molecule has 4 rings (SSSR count). The first-order valence-electron chi connectivity index (χ1n) is 10.6. The number of para-hydroxylation sites is 1. The van der Waals surface area contributed by atoms with E-state index in [-0.39, 0.29) is 17.2 Å². The Hall–Kier alpha value is -3.58. The number of carbonyl (C=O) groups excluding carboxylic acids is 1. The number of carbonyl (C=O) groups is 1. The minimum atomic E-state index is -0.126. The van der Waals surface area contributed by atoms with Gasteiger partial charge in [0.25, 0.3) is 5.56 Å². The van der Waals surface area contributed by atoms with Crippen LogP contribution in [0.25, 0.3) is 10.9 Å². The van der Waals surface area contributed by atoms with Gasteiger partial charge in [-0.3, -0.25) is 14.2 Å². The highest BCUT2D eigenvalue weighted by Gasteiger charge is 2.14. The van der Waals surface area contributed by atoms with E-state index in [4.69, 9.17) is 4.74 Å². The van der Waals surface area contributed by atoms with Gasteiger partial charge in [-0.15, -0.1) is 0 Å². The molecule has 0 radical (unpaired) electrons. The molecule has 168 valence electrons. The number of hydrogen-bond acceptors (Lipinski definition) is 5. The lowest BCUT2D eigenvalue weighted by Gasteiger charge is -2.14. The first kappa shape index (κ1) is 22.6. The molecule has 0 aliphatic rings. The Kier molecular flexibility index (Phi) is 7.10. The second-order valence-corrected chi connectivity index (χ2v) is 8.64. The van der Waals surface area contributed by atoms with Gasteiger partial charge in [0, 0.05) is 6.54 Å². The van der Waals surface area contributed by atoms with Crippen LogP contribution in [0.2, 0.25) is 0 Å². The summed E-state index contributed by atoms with van der Waals surface area (Å²) in [6, 6.07) is 22.9. The Morgan fingerprint density at radius 3 is 2.42 bits per heavy atom. The summed E-state index contributed by atoms with van der Waals surface area (Å²) in [6.07, 6.45) is 0. The molecule has 0 aliphatic carbocycles. The van der Waals surface area contributed by atoms with E-state index >= 15 is 0 Å². The highest BCUT2D eigenvalue weighted by Crippen LogP contribution is 2.20. The van der Waals surface area contributed by atoms with Gasteiger partial charge < -0.3 is 10.1 Å². The van der Waals surface area contributed by atoms with Crippen molar-refractivity contribution < 1.29 is 9.53 Å². The highest BCUT2D eigenvalue weighted by molar-refractivity contribution is 7.99. The predicted molar refractivity (Wildman–Crippen MR) is 132 cm³/mol. The summed E-state index contributed by atoms with van der Waals surface area (Å²) in [5.41, 5.74) is 3.66. The molecule has 6 nitrogen and oxygen atoms in total. The molecule has 0 fully saturated rings. The summed E-state index contributed by atoms with van der Waals surface area (Å²) in [5.74, 6) is 0.806. The number of rotatable bonds is 8. The minimum Gasteiger partial charge on any atom is -0.497 e. The van der Waals surface area contributed by atoms with Crippen LogP contribution in [-0.4, -0.2) is 28.3 Å². The number of fused-ring (bicyclic) bond motifs is 1. The molecule has 0 aliphatic heterocycles. The Labute approximate surface area is 196 Å². The first-order valence-corrected chi connectivity index (χ1v) is 11.6. The first-order chi connectivity index (χ1) is 16.0. The molecule has 1 amide bonds. The van der Waals surface area contributed by atoms with E-state index < -0.39 is 0 Å². The van der Waals surface area contributed by atoms with Crippen LogP contribution < -0.4 is 15.6 Å². The summed E-state index contributed by atoms with van der Waals surface area (Å²) < 4.78 is 6.85. The SMILES string of the molecule is COc1ccc(Cn2c(SCC(=O)NCc3ccc(C)cc3)nc3ccccc3c2=O)cc1. The van der Waals surface area contributed by atoms with Crippen molar-refractivity contribution in [2.75, 3.05) is 12.9 Å². The van der Waals surface area contributed by atoms with Crippen LogP contribution in [0.3, 0.4) is 0 Å². The Bertz CT molecular complexity index is 1320. The number of aryl methyl sites for hydroxylation is 1. The maximum absolute atomic E-state index is 13.2. The monoisotopic (exact) mass is 459 g/mol. The lowest BCUT2D eigenvalue weighted by molar-refractivity contribution is -0.118. The molecule has 1 N–H and O–H groups in total. The topological polar surface area (TPSA) is 73.2 Å². The van der Waals surface area contributed by atoms with Gasteiger partial charge in [0.1, 0.15) is 5.75 Å². The van der Waals surface area contributed by atoms with Gasteiger partial charge in [0.2, 0.25) is 5.91 Å². The summed E-state index contributed by atoms with van der Waals surface area (Å²) >= 11 is 1.26. The number of methoxy groups -OCH3 is 1. The number of thioether (sulfide) groups is 1. The Balaban J connectivity index is 1.53. The average molecular weight is 460 g/mol. The third kappa shape index (κ3) is 5.62. The van der Waals surface area contributed by atoms with Crippen LogP contribution in [0.5, 0.6) is 5.75 Å². The summed E-state index contributed by atoms with van der Waals surface area (Å²) in [7, 11) is 1.62. The van der Waals surface area contributed by atoms with Crippen LogP contribution in [0, 0.1) is 6.92 Å². The van der Waals surface area contributed by atoms with E-state index in [0.717, 1.165) is 16.9 Å². The quantitative estimate of drug-likeness (QED) is 0.316. The van der Waals surface area contributed by atoms with Gasteiger partial charge >= 0.3 is 0 Å². The minimum absolute atomic E-state index is 0.112. The van der Waals surface area contributed by atoms with Crippen molar-refractivity contribution in [3.05, 3.63) is 99.8 Å². The fourth-order valence-corrected chi connectivity index (χ4v) is 4.23. The zero-order chi connectivity index (χ0) is 23.2. The smallest absolute Gasteiger partial charge is 0.262 e. The van der Waals surface area contributed by atoms with Gasteiger partial charge in [-0.05, 0) is 42.3 Å². The Morgan fingerprint density at radius 1 is 1.00 bits per heavy atom. The number of benzene rings is 3. The largest absolute Gasteiger partial charge is 0.497 e. The van der Waals surface area contributed by atoms with Crippen LogP contribution in [-0.2, 0) is 17.9 Å². The third-order valence-electron chi connectivity index (χ3n) is 5.27. The van der Waals surface area contributed by atoms with E-state index in [1.165, 1.54) is 17.3 Å². The number of ether oxygens (including phenoxy) is 1. The van der Waals surface area contributed by atoms with Gasteiger partial charge in [0.15, 0.2) is 5.16 Å². The molecule has 4 aromatic rings. The van der Waals surface area contributed by atoms with E-state index in [9.17, 15) is 9.59 Å². The van der Waals surface area contributed by atoms with Crippen LogP contribution in [0.4, 0.5) is 0 Å². The van der Waals surface area contributed by atoms with Crippen molar-refractivity contribution >= 4 is 28.6 Å². The van der Waals surface area contributed by atoms with Gasteiger partial charge in [0.05, 0.1) is 30.3 Å². The standard InChI is InChI=1S/C26H25N3O3S/c1-18-7-9-19(10-8-18)15-27-24(30)17-33-26-28-23-6-4-3-5-22(23)25(31)29(26)16-20-11-13-21(32-2)14-12-20/h3-14H,15-17H2,1-2H3,(H,27,30).